The Bertz CT molecular complexity index is 382. The van der Waals surface area contributed by atoms with E-state index in [-0.39, 0.29) is 6.54 Å². The summed E-state index contributed by atoms with van der Waals surface area (Å²) < 4.78 is 0. The predicted octanol–water partition coefficient (Wildman–Crippen LogP) is 2.10. The Labute approximate surface area is 116 Å². The molecule has 0 radical (unpaired) electrons. The molecule has 3 heteroatoms. The number of likely N-dealkylation sites (tertiary alicyclic amines) is 1. The van der Waals surface area contributed by atoms with Crippen LogP contribution in [-0.2, 0) is 5.60 Å². The van der Waals surface area contributed by atoms with Crippen LogP contribution in [0.3, 0.4) is 0 Å². The van der Waals surface area contributed by atoms with Gasteiger partial charge in [0, 0.05) is 19.1 Å². The Morgan fingerprint density at radius 2 is 2.11 bits per heavy atom. The lowest BCUT2D eigenvalue weighted by Gasteiger charge is -2.31. The van der Waals surface area contributed by atoms with Crippen LogP contribution in [0.25, 0.3) is 0 Å². The first-order chi connectivity index (χ1) is 9.19. The average molecular weight is 262 g/mol. The first-order valence-corrected chi connectivity index (χ1v) is 7.41. The molecule has 0 spiro atoms. The number of nitrogens with two attached hydrogens (primary N) is 1. The third-order valence-electron chi connectivity index (χ3n) is 4.43. The van der Waals surface area contributed by atoms with Gasteiger partial charge in [-0.25, -0.2) is 0 Å². The topological polar surface area (TPSA) is 49.5 Å². The van der Waals surface area contributed by atoms with Crippen LogP contribution in [-0.4, -0.2) is 35.7 Å². The van der Waals surface area contributed by atoms with Crippen LogP contribution in [0.4, 0.5) is 0 Å². The Hall–Kier alpha value is -0.900. The highest BCUT2D eigenvalue weighted by Gasteiger charge is 2.30. The summed E-state index contributed by atoms with van der Waals surface area (Å²) >= 11 is 0. The number of rotatable bonds is 6. The molecule has 3 nitrogen and oxygen atoms in total. The van der Waals surface area contributed by atoms with Gasteiger partial charge in [-0.1, -0.05) is 37.3 Å². The van der Waals surface area contributed by atoms with Crippen LogP contribution in [0.15, 0.2) is 30.3 Å². The van der Waals surface area contributed by atoms with Crippen molar-refractivity contribution in [3.05, 3.63) is 35.9 Å². The summed E-state index contributed by atoms with van der Waals surface area (Å²) in [5, 5.41) is 10.8. The van der Waals surface area contributed by atoms with Gasteiger partial charge in [-0.15, -0.1) is 0 Å². The SMILES string of the molecule is CCC1CCCN1CCC(O)(CN)c1ccccc1. The van der Waals surface area contributed by atoms with Gasteiger partial charge in [0.15, 0.2) is 0 Å². The molecule has 0 saturated carbocycles. The lowest BCUT2D eigenvalue weighted by Crippen LogP contribution is -2.40. The van der Waals surface area contributed by atoms with E-state index in [4.69, 9.17) is 5.73 Å². The summed E-state index contributed by atoms with van der Waals surface area (Å²) in [7, 11) is 0. The van der Waals surface area contributed by atoms with Gasteiger partial charge in [-0.05, 0) is 37.8 Å². The van der Waals surface area contributed by atoms with Crippen molar-refractivity contribution in [2.75, 3.05) is 19.6 Å². The monoisotopic (exact) mass is 262 g/mol. The first-order valence-electron chi connectivity index (χ1n) is 7.41. The molecule has 1 fully saturated rings. The molecule has 1 heterocycles. The van der Waals surface area contributed by atoms with Crippen LogP contribution < -0.4 is 5.73 Å². The zero-order valence-electron chi connectivity index (χ0n) is 11.9. The van der Waals surface area contributed by atoms with Gasteiger partial charge < -0.3 is 15.7 Å². The number of nitrogens with zero attached hydrogens (tertiary/aromatic N) is 1. The molecule has 1 aliphatic rings. The summed E-state index contributed by atoms with van der Waals surface area (Å²) in [6, 6.07) is 10.5. The molecule has 2 rings (SSSR count). The van der Waals surface area contributed by atoms with Gasteiger partial charge in [0.2, 0.25) is 0 Å². The molecule has 0 aliphatic carbocycles. The molecule has 2 atom stereocenters. The highest BCUT2D eigenvalue weighted by Crippen LogP contribution is 2.27. The molecule has 19 heavy (non-hydrogen) atoms. The Balaban J connectivity index is 1.99. The molecule has 1 aromatic carbocycles. The van der Waals surface area contributed by atoms with E-state index in [1.807, 2.05) is 30.3 Å². The summed E-state index contributed by atoms with van der Waals surface area (Å²) in [6.07, 6.45) is 4.49. The highest BCUT2D eigenvalue weighted by atomic mass is 16.3. The number of aliphatic hydroxyl groups is 1. The quantitative estimate of drug-likeness (QED) is 0.825. The molecular weight excluding hydrogens is 236 g/mol. The van der Waals surface area contributed by atoms with E-state index in [0.29, 0.717) is 12.5 Å². The highest BCUT2D eigenvalue weighted by molar-refractivity contribution is 5.22. The molecule has 1 saturated heterocycles. The van der Waals surface area contributed by atoms with Gasteiger partial charge in [0.05, 0.1) is 0 Å². The second-order valence-corrected chi connectivity index (χ2v) is 5.59. The smallest absolute Gasteiger partial charge is 0.103 e. The van der Waals surface area contributed by atoms with Gasteiger partial charge in [0.25, 0.3) is 0 Å². The molecular formula is C16H26N2O. The van der Waals surface area contributed by atoms with E-state index < -0.39 is 5.60 Å². The standard InChI is InChI=1S/C16H26N2O/c1-2-15-9-6-11-18(15)12-10-16(19,13-17)14-7-4-3-5-8-14/h3-5,7-8,15,19H,2,6,9-13,17H2,1H3. The van der Waals surface area contributed by atoms with Crippen molar-refractivity contribution in [2.24, 2.45) is 5.73 Å². The van der Waals surface area contributed by atoms with Crippen molar-refractivity contribution in [1.29, 1.82) is 0 Å². The van der Waals surface area contributed by atoms with E-state index in [0.717, 1.165) is 18.7 Å². The third-order valence-corrected chi connectivity index (χ3v) is 4.43. The fourth-order valence-corrected chi connectivity index (χ4v) is 3.09. The molecule has 2 unspecified atom stereocenters. The fourth-order valence-electron chi connectivity index (χ4n) is 3.09. The van der Waals surface area contributed by atoms with Crippen LogP contribution in [0.2, 0.25) is 0 Å². The van der Waals surface area contributed by atoms with E-state index in [9.17, 15) is 5.11 Å². The van der Waals surface area contributed by atoms with Crippen LogP contribution >= 0.6 is 0 Å². The van der Waals surface area contributed by atoms with Crippen molar-refractivity contribution in [3.8, 4) is 0 Å². The molecule has 1 aromatic rings. The average Bonchev–Trinajstić information content (AvgIpc) is 2.93. The van der Waals surface area contributed by atoms with Gasteiger partial charge in [-0.3, -0.25) is 0 Å². The van der Waals surface area contributed by atoms with E-state index in [2.05, 4.69) is 11.8 Å². The Morgan fingerprint density at radius 3 is 2.74 bits per heavy atom. The minimum atomic E-state index is -0.887. The summed E-state index contributed by atoms with van der Waals surface area (Å²) in [6.45, 7) is 4.62. The zero-order chi connectivity index (χ0) is 13.7. The largest absolute Gasteiger partial charge is 0.384 e. The van der Waals surface area contributed by atoms with Crippen molar-refractivity contribution in [2.45, 2.75) is 44.2 Å². The summed E-state index contributed by atoms with van der Waals surface area (Å²) in [5.74, 6) is 0. The maximum Gasteiger partial charge on any atom is 0.103 e. The maximum atomic E-state index is 10.8. The zero-order valence-corrected chi connectivity index (χ0v) is 11.9. The van der Waals surface area contributed by atoms with E-state index in [1.165, 1.54) is 19.3 Å². The van der Waals surface area contributed by atoms with Crippen molar-refractivity contribution in [1.82, 2.24) is 4.90 Å². The van der Waals surface area contributed by atoms with Crippen LogP contribution in [0.5, 0.6) is 0 Å². The van der Waals surface area contributed by atoms with Gasteiger partial charge >= 0.3 is 0 Å². The fraction of sp³-hybridized carbons (Fsp3) is 0.625. The molecule has 0 aromatic heterocycles. The maximum absolute atomic E-state index is 10.8. The molecule has 0 amide bonds. The van der Waals surface area contributed by atoms with Gasteiger partial charge in [-0.2, -0.15) is 0 Å². The second kappa shape index (κ2) is 6.51. The van der Waals surface area contributed by atoms with Crippen molar-refractivity contribution < 1.29 is 5.11 Å². The number of benzene rings is 1. The molecule has 1 aliphatic heterocycles. The third kappa shape index (κ3) is 3.35. The second-order valence-electron chi connectivity index (χ2n) is 5.59. The number of hydrogen-bond donors (Lipinski definition) is 2. The Kier molecular flexibility index (Phi) is 4.97. The lowest BCUT2D eigenvalue weighted by atomic mass is 9.90. The van der Waals surface area contributed by atoms with Crippen molar-refractivity contribution in [3.63, 3.8) is 0 Å². The minimum absolute atomic E-state index is 0.279. The minimum Gasteiger partial charge on any atom is -0.384 e. The van der Waals surface area contributed by atoms with Crippen molar-refractivity contribution >= 4 is 0 Å². The molecule has 0 bridgehead atoms. The summed E-state index contributed by atoms with van der Waals surface area (Å²) in [5.41, 5.74) is 5.87. The summed E-state index contributed by atoms with van der Waals surface area (Å²) in [4.78, 5) is 2.50. The predicted molar refractivity (Wildman–Crippen MR) is 78.9 cm³/mol. The molecule has 106 valence electrons. The Morgan fingerprint density at radius 1 is 1.37 bits per heavy atom. The molecule has 3 N–H and O–H groups in total. The number of hydrogen-bond acceptors (Lipinski definition) is 3. The van der Waals surface area contributed by atoms with E-state index >= 15 is 0 Å². The van der Waals surface area contributed by atoms with E-state index in [1.54, 1.807) is 0 Å². The first kappa shape index (κ1) is 14.5. The van der Waals surface area contributed by atoms with Gasteiger partial charge in [0.1, 0.15) is 5.60 Å². The van der Waals surface area contributed by atoms with Crippen LogP contribution in [0.1, 0.15) is 38.2 Å². The normalized spacial score (nSPS) is 23.4. The lowest BCUT2D eigenvalue weighted by molar-refractivity contribution is 0.0242. The van der Waals surface area contributed by atoms with Crippen LogP contribution in [0, 0.1) is 0 Å².